The zero-order valence-electron chi connectivity index (χ0n) is 6.47. The fourth-order valence-corrected chi connectivity index (χ4v) is 1.05. The van der Waals surface area contributed by atoms with Crippen LogP contribution >= 0.6 is 0 Å². The molecule has 5 atom stereocenters. The number of halogens is 2. The highest BCUT2D eigenvalue weighted by atomic mass is 19.2. The average Bonchev–Trinajstić information content (AvgIpc) is 2.12. The van der Waals surface area contributed by atoms with Crippen molar-refractivity contribution in [3.8, 4) is 0 Å². The molecule has 5 nitrogen and oxygen atoms in total. The first kappa shape index (κ1) is 10.7. The molecule has 4 N–H and O–H groups in total. The van der Waals surface area contributed by atoms with Gasteiger partial charge in [-0.3, -0.25) is 0 Å². The summed E-state index contributed by atoms with van der Waals surface area (Å²) in [4.78, 5) is 0. The fourth-order valence-electron chi connectivity index (χ4n) is 1.05. The lowest BCUT2D eigenvalue weighted by molar-refractivity contribution is -0.349. The van der Waals surface area contributed by atoms with Gasteiger partial charge in [0.05, 0.1) is 0 Å². The molecule has 0 amide bonds. The van der Waals surface area contributed by atoms with E-state index in [2.05, 4.69) is 4.74 Å². The predicted molar refractivity (Wildman–Crippen MR) is 34.9 cm³/mol. The number of rotatable bonds is 1. The van der Waals surface area contributed by atoms with E-state index in [1.54, 1.807) is 0 Å². The van der Waals surface area contributed by atoms with Crippen molar-refractivity contribution in [3.63, 3.8) is 0 Å². The standard InChI is InChI=1S/C6H10F2O5/c7-5-3(11)2(10)4(12)6(8,1-9)13-5/h2-5,9-12H,1H2/t2-,3-,4+,5-,6+/m0/s1. The lowest BCUT2D eigenvalue weighted by atomic mass is 9.98. The molecule has 1 aliphatic rings. The molecule has 1 saturated heterocycles. The van der Waals surface area contributed by atoms with Crippen LogP contribution in [-0.4, -0.2) is 57.6 Å². The Bertz CT molecular complexity index is 192. The third-order valence-electron chi connectivity index (χ3n) is 1.91. The highest BCUT2D eigenvalue weighted by Gasteiger charge is 2.54. The molecule has 78 valence electrons. The van der Waals surface area contributed by atoms with Gasteiger partial charge in [0.25, 0.3) is 5.85 Å². The summed E-state index contributed by atoms with van der Waals surface area (Å²) in [6.07, 6.45) is -8.71. The molecule has 0 aromatic carbocycles. The number of aliphatic hydroxyl groups is 4. The Morgan fingerprint density at radius 2 is 1.77 bits per heavy atom. The first-order chi connectivity index (χ1) is 5.92. The minimum Gasteiger partial charge on any atom is -0.390 e. The van der Waals surface area contributed by atoms with Crippen LogP contribution in [0.1, 0.15) is 0 Å². The van der Waals surface area contributed by atoms with E-state index in [4.69, 9.17) is 20.4 Å². The third-order valence-corrected chi connectivity index (χ3v) is 1.91. The van der Waals surface area contributed by atoms with Gasteiger partial charge >= 0.3 is 0 Å². The molecule has 1 aliphatic heterocycles. The monoisotopic (exact) mass is 200 g/mol. The maximum Gasteiger partial charge on any atom is 0.263 e. The number of hydrogen-bond acceptors (Lipinski definition) is 5. The fraction of sp³-hybridized carbons (Fsp3) is 1.00. The van der Waals surface area contributed by atoms with Gasteiger partial charge in [0.15, 0.2) is 0 Å². The van der Waals surface area contributed by atoms with Crippen LogP contribution in [0.2, 0.25) is 0 Å². The molecule has 0 aromatic rings. The Morgan fingerprint density at radius 1 is 1.23 bits per heavy atom. The van der Waals surface area contributed by atoms with Gasteiger partial charge in [-0.1, -0.05) is 0 Å². The van der Waals surface area contributed by atoms with Crippen LogP contribution in [0.25, 0.3) is 0 Å². The number of ether oxygens (including phenoxy) is 1. The van der Waals surface area contributed by atoms with Gasteiger partial charge < -0.3 is 25.2 Å². The van der Waals surface area contributed by atoms with Gasteiger partial charge in [-0.15, -0.1) is 0 Å². The van der Waals surface area contributed by atoms with E-state index in [1.807, 2.05) is 0 Å². The van der Waals surface area contributed by atoms with Crippen LogP contribution in [0, 0.1) is 0 Å². The second-order valence-electron chi connectivity index (χ2n) is 2.84. The van der Waals surface area contributed by atoms with Crippen LogP contribution in [0.5, 0.6) is 0 Å². The lowest BCUT2D eigenvalue weighted by Crippen LogP contribution is -2.62. The smallest absolute Gasteiger partial charge is 0.263 e. The maximum absolute atomic E-state index is 13.1. The SMILES string of the molecule is OC[C@@]1(F)O[C@H](F)[C@@H](O)[C@H](O)[C@H]1O. The van der Waals surface area contributed by atoms with Crippen LogP contribution in [-0.2, 0) is 4.74 Å². The molecule has 0 aliphatic carbocycles. The zero-order chi connectivity index (χ0) is 10.2. The molecule has 7 heteroatoms. The number of hydrogen-bond donors (Lipinski definition) is 4. The second kappa shape index (κ2) is 3.43. The lowest BCUT2D eigenvalue weighted by Gasteiger charge is -2.40. The molecule has 0 spiro atoms. The molecule has 0 radical (unpaired) electrons. The molecule has 0 bridgehead atoms. The van der Waals surface area contributed by atoms with Crippen LogP contribution < -0.4 is 0 Å². The van der Waals surface area contributed by atoms with E-state index in [1.165, 1.54) is 0 Å². The Labute approximate surface area is 72.2 Å². The summed E-state index contributed by atoms with van der Waals surface area (Å²) < 4.78 is 29.6. The molecular formula is C6H10F2O5. The highest BCUT2D eigenvalue weighted by molar-refractivity contribution is 4.93. The highest BCUT2D eigenvalue weighted by Crippen LogP contribution is 2.31. The van der Waals surface area contributed by atoms with Crippen molar-refractivity contribution in [1.29, 1.82) is 0 Å². The zero-order valence-corrected chi connectivity index (χ0v) is 6.47. The first-order valence-corrected chi connectivity index (χ1v) is 3.58. The van der Waals surface area contributed by atoms with Crippen molar-refractivity contribution in [2.75, 3.05) is 6.61 Å². The topological polar surface area (TPSA) is 90.2 Å². The maximum atomic E-state index is 13.1. The van der Waals surface area contributed by atoms with Crippen molar-refractivity contribution < 1.29 is 33.9 Å². The van der Waals surface area contributed by atoms with Crippen LogP contribution in [0.4, 0.5) is 8.78 Å². The van der Waals surface area contributed by atoms with Crippen molar-refractivity contribution in [1.82, 2.24) is 0 Å². The van der Waals surface area contributed by atoms with E-state index in [0.717, 1.165) is 0 Å². The van der Waals surface area contributed by atoms with Crippen LogP contribution in [0.15, 0.2) is 0 Å². The summed E-state index contributed by atoms with van der Waals surface area (Å²) in [7, 11) is 0. The summed E-state index contributed by atoms with van der Waals surface area (Å²) in [5.41, 5.74) is 0. The second-order valence-corrected chi connectivity index (χ2v) is 2.84. The van der Waals surface area contributed by atoms with E-state index in [9.17, 15) is 8.78 Å². The molecule has 13 heavy (non-hydrogen) atoms. The molecule has 1 rings (SSSR count). The third kappa shape index (κ3) is 1.65. The Kier molecular flexibility index (Phi) is 2.83. The molecule has 0 aromatic heterocycles. The summed E-state index contributed by atoms with van der Waals surface area (Å²) in [5, 5.41) is 35.1. The van der Waals surface area contributed by atoms with Crippen molar-refractivity contribution in [2.24, 2.45) is 0 Å². The quantitative estimate of drug-likeness (QED) is 0.395. The van der Waals surface area contributed by atoms with E-state index in [0.29, 0.717) is 0 Å². The van der Waals surface area contributed by atoms with Gasteiger partial charge in [-0.05, 0) is 0 Å². The van der Waals surface area contributed by atoms with Crippen molar-refractivity contribution >= 4 is 0 Å². The molecule has 0 unspecified atom stereocenters. The average molecular weight is 200 g/mol. The van der Waals surface area contributed by atoms with E-state index < -0.39 is 37.1 Å². The summed E-state index contributed by atoms with van der Waals surface area (Å²) in [6, 6.07) is 0. The first-order valence-electron chi connectivity index (χ1n) is 3.58. The Morgan fingerprint density at radius 3 is 2.23 bits per heavy atom. The molecule has 1 heterocycles. The van der Waals surface area contributed by atoms with Gasteiger partial charge in [-0.2, -0.15) is 0 Å². The van der Waals surface area contributed by atoms with E-state index >= 15 is 0 Å². The van der Waals surface area contributed by atoms with Crippen molar-refractivity contribution in [3.05, 3.63) is 0 Å². The van der Waals surface area contributed by atoms with Gasteiger partial charge in [0.2, 0.25) is 6.36 Å². The minimum absolute atomic E-state index is 1.31. The summed E-state index contributed by atoms with van der Waals surface area (Å²) >= 11 is 0. The van der Waals surface area contributed by atoms with Gasteiger partial charge in [0.1, 0.15) is 24.9 Å². The Balaban J connectivity index is 2.82. The van der Waals surface area contributed by atoms with Gasteiger partial charge in [0, 0.05) is 0 Å². The van der Waals surface area contributed by atoms with Gasteiger partial charge in [-0.25, -0.2) is 8.78 Å². The molecule has 1 fully saturated rings. The number of alkyl halides is 2. The normalized spacial score (nSPS) is 52.2. The van der Waals surface area contributed by atoms with E-state index in [-0.39, 0.29) is 0 Å². The predicted octanol–water partition coefficient (Wildman–Crippen LogP) is -1.95. The van der Waals surface area contributed by atoms with Crippen molar-refractivity contribution in [2.45, 2.75) is 30.5 Å². The Hall–Kier alpha value is -0.340. The summed E-state index contributed by atoms with van der Waals surface area (Å²) in [6.45, 7) is -1.31. The molecular weight excluding hydrogens is 190 g/mol. The molecule has 0 saturated carbocycles. The van der Waals surface area contributed by atoms with Crippen LogP contribution in [0.3, 0.4) is 0 Å². The number of aliphatic hydroxyl groups excluding tert-OH is 4. The largest absolute Gasteiger partial charge is 0.390 e. The summed E-state index contributed by atoms with van der Waals surface area (Å²) in [5.74, 6) is -3.07. The minimum atomic E-state index is -3.07.